The molecule has 2 aromatic carbocycles. The van der Waals surface area contributed by atoms with E-state index in [1.54, 1.807) is 48.5 Å². The van der Waals surface area contributed by atoms with E-state index in [9.17, 15) is 14.4 Å². The van der Waals surface area contributed by atoms with E-state index in [1.807, 2.05) is 12.1 Å². The predicted octanol–water partition coefficient (Wildman–Crippen LogP) is 6.41. The number of benzene rings is 2. The Morgan fingerprint density at radius 3 is 2.59 bits per heavy atom. The average molecular weight is 505 g/mol. The summed E-state index contributed by atoms with van der Waals surface area (Å²) >= 11 is 14.0. The second-order valence-electron chi connectivity index (χ2n) is 6.54. The highest BCUT2D eigenvalue weighted by Crippen LogP contribution is 2.34. The summed E-state index contributed by atoms with van der Waals surface area (Å²) in [6, 6.07) is 17.4. The van der Waals surface area contributed by atoms with Gasteiger partial charge in [0, 0.05) is 26.7 Å². The predicted molar refractivity (Wildman–Crippen MR) is 127 cm³/mol. The van der Waals surface area contributed by atoms with Gasteiger partial charge in [0.05, 0.1) is 4.91 Å². The maximum atomic E-state index is 12.6. The van der Waals surface area contributed by atoms with Gasteiger partial charge < -0.3 is 9.73 Å². The van der Waals surface area contributed by atoms with Crippen molar-refractivity contribution in [2.24, 2.45) is 0 Å². The third kappa shape index (κ3) is 5.58. The first-order valence-corrected chi connectivity index (χ1v) is 11.6. The van der Waals surface area contributed by atoms with Gasteiger partial charge in [0.25, 0.3) is 11.1 Å². The lowest BCUT2D eigenvalue weighted by Crippen LogP contribution is -2.36. The summed E-state index contributed by atoms with van der Waals surface area (Å²) in [4.78, 5) is 39.2. The highest BCUT2D eigenvalue weighted by atomic mass is 35.5. The van der Waals surface area contributed by atoms with Crippen molar-refractivity contribution in [2.75, 3.05) is 11.9 Å². The quantitative estimate of drug-likeness (QED) is 0.390. The van der Waals surface area contributed by atoms with Crippen molar-refractivity contribution in [1.29, 1.82) is 0 Å². The van der Waals surface area contributed by atoms with Crippen molar-refractivity contribution in [1.82, 2.24) is 4.90 Å². The Balaban J connectivity index is 1.40. The Morgan fingerprint density at radius 1 is 1.06 bits per heavy atom. The fraction of sp³-hybridized carbons (Fsp3) is 0.0455. The number of hydrogen-bond donors (Lipinski definition) is 1. The number of nitrogens with one attached hydrogen (secondary N) is 1. The van der Waals surface area contributed by atoms with Crippen molar-refractivity contribution in [3.63, 3.8) is 0 Å². The minimum Gasteiger partial charge on any atom is -0.450 e. The molecule has 1 fully saturated rings. The molecule has 0 atom stereocenters. The largest absolute Gasteiger partial charge is 0.450 e. The molecule has 1 N–H and O–H groups in total. The summed E-state index contributed by atoms with van der Waals surface area (Å²) in [7, 11) is 0. The summed E-state index contributed by atoms with van der Waals surface area (Å²) in [5, 5.41) is 3.82. The first-order valence-electron chi connectivity index (χ1n) is 9.21. The molecular formula is C22H14Cl2N2O4S2. The van der Waals surface area contributed by atoms with Crippen LogP contribution in [0, 0.1) is 0 Å². The molecule has 0 aliphatic carbocycles. The average Bonchev–Trinajstić information content (AvgIpc) is 3.29. The molecule has 1 aromatic heterocycles. The number of furan rings is 1. The number of nitrogens with zero attached hydrogens (tertiary/aromatic N) is 1. The number of amides is 3. The molecule has 0 bridgehead atoms. The Bertz CT molecular complexity index is 1220. The molecule has 0 unspecified atom stereocenters. The fourth-order valence-electron chi connectivity index (χ4n) is 2.76. The van der Waals surface area contributed by atoms with Crippen molar-refractivity contribution in [3.8, 4) is 0 Å². The second-order valence-corrected chi connectivity index (χ2v) is 9.48. The van der Waals surface area contributed by atoms with Crippen molar-refractivity contribution >= 4 is 75.5 Å². The summed E-state index contributed by atoms with van der Waals surface area (Å²) in [6.45, 7) is -0.398. The molecule has 0 radical (unpaired) electrons. The van der Waals surface area contributed by atoms with E-state index < -0.39 is 23.6 Å². The number of carbonyl (C=O) groups excluding carboxylic acids is 3. The number of thioether (sulfide) groups is 1. The van der Waals surface area contributed by atoms with E-state index in [2.05, 4.69) is 5.32 Å². The van der Waals surface area contributed by atoms with Crippen LogP contribution in [-0.2, 0) is 9.59 Å². The number of carbonyl (C=O) groups is 3. The molecule has 2 heterocycles. The van der Waals surface area contributed by atoms with Crippen LogP contribution < -0.4 is 5.32 Å². The van der Waals surface area contributed by atoms with E-state index in [0.29, 0.717) is 26.6 Å². The molecule has 3 aromatic rings. The van der Waals surface area contributed by atoms with Gasteiger partial charge in [-0.05, 0) is 66.4 Å². The lowest BCUT2D eigenvalue weighted by atomic mass is 10.3. The van der Waals surface area contributed by atoms with Crippen LogP contribution in [0.4, 0.5) is 10.5 Å². The Morgan fingerprint density at radius 2 is 1.84 bits per heavy atom. The lowest BCUT2D eigenvalue weighted by molar-refractivity contribution is -0.127. The highest BCUT2D eigenvalue weighted by molar-refractivity contribution is 8.18. The van der Waals surface area contributed by atoms with Gasteiger partial charge >= 0.3 is 0 Å². The summed E-state index contributed by atoms with van der Waals surface area (Å²) in [5.41, 5.74) is 0.478. The normalized spacial score (nSPS) is 14.9. The SMILES string of the molecule is O=C(CN1C(=O)S/C(=C\c2ccc(Sc3ccc(Cl)cc3)o2)C1=O)Nc1cccc(Cl)c1. The zero-order chi connectivity index (χ0) is 22.7. The monoisotopic (exact) mass is 504 g/mol. The molecule has 0 spiro atoms. The molecule has 3 amide bonds. The smallest absolute Gasteiger partial charge is 0.294 e. The van der Waals surface area contributed by atoms with Gasteiger partial charge in [-0.25, -0.2) is 0 Å². The van der Waals surface area contributed by atoms with E-state index >= 15 is 0 Å². The second kappa shape index (κ2) is 9.87. The number of hydrogen-bond acceptors (Lipinski definition) is 6. The Kier molecular flexibility index (Phi) is 6.95. The lowest BCUT2D eigenvalue weighted by Gasteiger charge is -2.12. The molecule has 1 aliphatic rings. The Labute approximate surface area is 201 Å². The van der Waals surface area contributed by atoms with Crippen LogP contribution >= 0.6 is 46.7 Å². The molecule has 4 rings (SSSR count). The number of imide groups is 1. The van der Waals surface area contributed by atoms with Gasteiger partial charge in [-0.2, -0.15) is 0 Å². The zero-order valence-corrected chi connectivity index (χ0v) is 19.4. The summed E-state index contributed by atoms with van der Waals surface area (Å²) in [5.74, 6) is -0.629. The number of anilines is 1. The molecule has 10 heteroatoms. The van der Waals surface area contributed by atoms with Crippen LogP contribution in [0.25, 0.3) is 6.08 Å². The van der Waals surface area contributed by atoms with Crippen molar-refractivity contribution in [2.45, 2.75) is 9.99 Å². The van der Waals surface area contributed by atoms with Crippen LogP contribution in [0.3, 0.4) is 0 Å². The van der Waals surface area contributed by atoms with E-state index in [4.69, 9.17) is 27.6 Å². The molecule has 1 saturated heterocycles. The van der Waals surface area contributed by atoms with Gasteiger partial charge in [0.2, 0.25) is 5.91 Å². The maximum absolute atomic E-state index is 12.6. The minimum absolute atomic E-state index is 0.183. The molecular weight excluding hydrogens is 491 g/mol. The molecule has 1 aliphatic heterocycles. The Hall–Kier alpha value is -2.65. The van der Waals surface area contributed by atoms with Crippen LogP contribution in [0.15, 0.2) is 80.0 Å². The van der Waals surface area contributed by atoms with Gasteiger partial charge in [-0.1, -0.05) is 41.0 Å². The van der Waals surface area contributed by atoms with Gasteiger partial charge in [-0.15, -0.1) is 0 Å². The molecule has 6 nitrogen and oxygen atoms in total. The standard InChI is InChI=1S/C22H14Cl2N2O4S2/c23-13-4-7-17(8-5-13)31-20-9-6-16(30-20)11-18-21(28)26(22(29)32-18)12-19(27)25-15-3-1-2-14(24)10-15/h1-11H,12H2,(H,25,27)/b18-11-. The summed E-state index contributed by atoms with van der Waals surface area (Å²) in [6.07, 6.45) is 1.49. The first-order chi connectivity index (χ1) is 15.4. The minimum atomic E-state index is -0.551. The van der Waals surface area contributed by atoms with Crippen molar-refractivity contribution < 1.29 is 18.8 Å². The molecule has 0 saturated carbocycles. The maximum Gasteiger partial charge on any atom is 0.294 e. The van der Waals surface area contributed by atoms with E-state index in [1.165, 1.54) is 17.8 Å². The third-order valence-corrected chi connectivity index (χ3v) is 6.51. The van der Waals surface area contributed by atoms with E-state index in [0.717, 1.165) is 21.6 Å². The highest BCUT2D eigenvalue weighted by Gasteiger charge is 2.36. The fourth-order valence-corrected chi connectivity index (χ4v) is 4.67. The summed E-state index contributed by atoms with van der Waals surface area (Å²) < 4.78 is 5.74. The van der Waals surface area contributed by atoms with E-state index in [-0.39, 0.29) is 4.91 Å². The zero-order valence-electron chi connectivity index (χ0n) is 16.2. The first kappa shape index (κ1) is 22.5. The topological polar surface area (TPSA) is 79.6 Å². The third-order valence-electron chi connectivity index (χ3n) is 4.19. The van der Waals surface area contributed by atoms with Crippen LogP contribution in [0.2, 0.25) is 10.0 Å². The van der Waals surface area contributed by atoms with Gasteiger partial charge in [0.1, 0.15) is 12.3 Å². The number of halogens is 2. The van der Waals surface area contributed by atoms with Crippen LogP contribution in [-0.4, -0.2) is 28.5 Å². The van der Waals surface area contributed by atoms with Gasteiger partial charge in [-0.3, -0.25) is 19.3 Å². The van der Waals surface area contributed by atoms with Crippen molar-refractivity contribution in [3.05, 3.63) is 81.4 Å². The van der Waals surface area contributed by atoms with Gasteiger partial charge in [0.15, 0.2) is 5.09 Å². The molecule has 32 heavy (non-hydrogen) atoms. The number of rotatable bonds is 6. The molecule has 162 valence electrons. The van der Waals surface area contributed by atoms with Crippen LogP contribution in [0.1, 0.15) is 5.76 Å². The van der Waals surface area contributed by atoms with Crippen LogP contribution in [0.5, 0.6) is 0 Å².